The molecule has 6 amide bonds. The molecule has 178 valence electrons. The number of hydrogen-bond donors (Lipinski definition) is 2. The summed E-state index contributed by atoms with van der Waals surface area (Å²) in [7, 11) is 0. The van der Waals surface area contributed by atoms with Gasteiger partial charge in [-0.25, -0.2) is 9.59 Å². The molecule has 0 aromatic heterocycles. The van der Waals surface area contributed by atoms with Crippen molar-refractivity contribution < 1.29 is 19.2 Å². The van der Waals surface area contributed by atoms with Crippen molar-refractivity contribution in [2.24, 2.45) is 11.3 Å². The molecule has 0 bridgehead atoms. The van der Waals surface area contributed by atoms with Gasteiger partial charge in [-0.3, -0.25) is 14.5 Å². The molecule has 3 saturated heterocycles. The van der Waals surface area contributed by atoms with Crippen LogP contribution in [0.15, 0.2) is 0 Å². The largest absolute Gasteiger partial charge is 0.341 e. The molecule has 0 unspecified atom stereocenters. The van der Waals surface area contributed by atoms with Crippen LogP contribution in [0.3, 0.4) is 0 Å². The average molecular weight is 448 g/mol. The van der Waals surface area contributed by atoms with E-state index in [0.29, 0.717) is 44.9 Å². The molecule has 32 heavy (non-hydrogen) atoms. The molecule has 3 heterocycles. The summed E-state index contributed by atoms with van der Waals surface area (Å²) in [4.78, 5) is 55.3. The Labute approximate surface area is 190 Å². The Bertz CT molecular complexity index is 781. The molecule has 0 aromatic carbocycles. The maximum absolute atomic E-state index is 13.2. The highest BCUT2D eigenvalue weighted by Crippen LogP contribution is 2.45. The smallest absolute Gasteiger partial charge is 0.325 e. The first-order chi connectivity index (χ1) is 15.2. The quantitative estimate of drug-likeness (QED) is 0.629. The third kappa shape index (κ3) is 4.06. The highest BCUT2D eigenvalue weighted by Gasteiger charge is 2.54. The van der Waals surface area contributed by atoms with Gasteiger partial charge in [-0.1, -0.05) is 27.2 Å². The molecule has 4 rings (SSSR count). The summed E-state index contributed by atoms with van der Waals surface area (Å²) in [5, 5.41) is 5.75. The van der Waals surface area contributed by atoms with Gasteiger partial charge in [-0.15, -0.1) is 0 Å². The van der Waals surface area contributed by atoms with E-state index in [1.807, 2.05) is 4.90 Å². The maximum atomic E-state index is 13.2. The fraction of sp³-hybridized carbons (Fsp3) is 0.826. The van der Waals surface area contributed by atoms with E-state index < -0.39 is 11.6 Å². The molecule has 0 radical (unpaired) electrons. The molecule has 1 saturated carbocycles. The van der Waals surface area contributed by atoms with Crippen molar-refractivity contribution in [3.63, 3.8) is 0 Å². The van der Waals surface area contributed by atoms with E-state index in [4.69, 9.17) is 0 Å². The monoisotopic (exact) mass is 447 g/mol. The number of likely N-dealkylation sites (tertiary alicyclic amines) is 1. The van der Waals surface area contributed by atoms with Crippen molar-refractivity contribution in [3.8, 4) is 0 Å². The normalized spacial score (nSPS) is 29.7. The highest BCUT2D eigenvalue weighted by molar-refractivity contribution is 6.09. The third-order valence-corrected chi connectivity index (χ3v) is 8.54. The number of amides is 6. The minimum atomic E-state index is -0.839. The summed E-state index contributed by atoms with van der Waals surface area (Å²) < 4.78 is 0. The summed E-state index contributed by atoms with van der Waals surface area (Å²) in [6.45, 7) is 8.99. The lowest BCUT2D eigenvalue weighted by molar-refractivity contribution is -0.140. The van der Waals surface area contributed by atoms with Gasteiger partial charge in [0.25, 0.3) is 5.91 Å². The average Bonchev–Trinajstić information content (AvgIpc) is 3.31. The lowest BCUT2D eigenvalue weighted by atomic mass is 9.65. The van der Waals surface area contributed by atoms with Crippen LogP contribution >= 0.6 is 0 Å². The van der Waals surface area contributed by atoms with Gasteiger partial charge < -0.3 is 20.4 Å². The lowest BCUT2D eigenvalue weighted by Crippen LogP contribution is -2.52. The summed E-state index contributed by atoms with van der Waals surface area (Å²) in [5.74, 6) is 0.0976. The molecular weight excluding hydrogens is 410 g/mol. The Morgan fingerprint density at radius 3 is 2.25 bits per heavy atom. The van der Waals surface area contributed by atoms with E-state index in [-0.39, 0.29) is 35.8 Å². The first kappa shape index (κ1) is 22.9. The van der Waals surface area contributed by atoms with Gasteiger partial charge >= 0.3 is 12.1 Å². The van der Waals surface area contributed by atoms with Gasteiger partial charge in [0.2, 0.25) is 5.91 Å². The Balaban J connectivity index is 1.31. The Morgan fingerprint density at radius 1 is 1.03 bits per heavy atom. The van der Waals surface area contributed by atoms with Crippen molar-refractivity contribution in [3.05, 3.63) is 0 Å². The first-order valence-electron chi connectivity index (χ1n) is 12.1. The van der Waals surface area contributed by atoms with Crippen LogP contribution in [-0.4, -0.2) is 82.9 Å². The zero-order valence-corrected chi connectivity index (χ0v) is 19.6. The van der Waals surface area contributed by atoms with Crippen molar-refractivity contribution in [2.75, 3.05) is 32.7 Å². The van der Waals surface area contributed by atoms with Gasteiger partial charge in [0.15, 0.2) is 0 Å². The van der Waals surface area contributed by atoms with E-state index in [9.17, 15) is 19.2 Å². The van der Waals surface area contributed by atoms with Crippen LogP contribution in [0.5, 0.6) is 0 Å². The molecule has 0 atom stereocenters. The Morgan fingerprint density at radius 2 is 1.69 bits per heavy atom. The first-order valence-corrected chi connectivity index (χ1v) is 12.1. The molecule has 9 heteroatoms. The predicted octanol–water partition coefficient (Wildman–Crippen LogP) is 1.92. The second-order valence-corrected chi connectivity index (χ2v) is 10.6. The number of urea groups is 2. The number of nitrogens with one attached hydrogen (secondary N) is 2. The van der Waals surface area contributed by atoms with Crippen LogP contribution in [0, 0.1) is 11.3 Å². The number of carbonyl (C=O) groups excluding carboxylic acids is 4. The number of imide groups is 1. The van der Waals surface area contributed by atoms with Crippen LogP contribution in [0.1, 0.15) is 65.7 Å². The van der Waals surface area contributed by atoms with Crippen molar-refractivity contribution in [2.45, 2.75) is 77.3 Å². The Kier molecular flexibility index (Phi) is 6.11. The Hall–Kier alpha value is -2.32. The molecule has 2 N–H and O–H groups in total. The van der Waals surface area contributed by atoms with Crippen molar-refractivity contribution in [1.82, 2.24) is 25.3 Å². The SMILES string of the molecule is CCC(C)(C)C1CCC2(CC1)NC(=O)N(CC(=O)N1CCC(N3CCNC3=O)CC1)C2=O. The van der Waals surface area contributed by atoms with Crippen molar-refractivity contribution in [1.29, 1.82) is 0 Å². The molecule has 4 fully saturated rings. The number of piperidine rings is 1. The number of rotatable bonds is 5. The van der Waals surface area contributed by atoms with E-state index >= 15 is 0 Å². The van der Waals surface area contributed by atoms with Gasteiger partial charge in [0.05, 0.1) is 0 Å². The zero-order valence-electron chi connectivity index (χ0n) is 19.6. The minimum absolute atomic E-state index is 0.0311. The minimum Gasteiger partial charge on any atom is -0.341 e. The standard InChI is InChI=1S/C23H37N5O4/c1-4-22(2,3)16-5-9-23(10-6-16)19(30)28(21(32)25-23)15-18(29)26-12-7-17(8-13-26)27-14-11-24-20(27)31/h16-17H,4-15H2,1-3H3,(H,24,31)(H,25,32). The van der Waals surface area contributed by atoms with Gasteiger partial charge in [0, 0.05) is 32.2 Å². The van der Waals surface area contributed by atoms with Crippen LogP contribution in [0.2, 0.25) is 0 Å². The van der Waals surface area contributed by atoms with Crippen LogP contribution in [0.4, 0.5) is 9.59 Å². The number of nitrogens with zero attached hydrogens (tertiary/aromatic N) is 3. The lowest BCUT2D eigenvalue weighted by Gasteiger charge is -2.42. The van der Waals surface area contributed by atoms with Crippen LogP contribution < -0.4 is 10.6 Å². The van der Waals surface area contributed by atoms with E-state index in [1.165, 1.54) is 0 Å². The molecular formula is C23H37N5O4. The molecule has 1 spiro atoms. The molecule has 9 nitrogen and oxygen atoms in total. The number of hydrogen-bond acceptors (Lipinski definition) is 4. The predicted molar refractivity (Wildman–Crippen MR) is 119 cm³/mol. The van der Waals surface area contributed by atoms with E-state index in [1.54, 1.807) is 4.90 Å². The molecule has 0 aromatic rings. The van der Waals surface area contributed by atoms with E-state index in [2.05, 4.69) is 31.4 Å². The number of carbonyl (C=O) groups is 4. The summed E-state index contributed by atoms with van der Waals surface area (Å²) in [6.07, 6.45) is 5.62. The van der Waals surface area contributed by atoms with Crippen LogP contribution in [-0.2, 0) is 9.59 Å². The van der Waals surface area contributed by atoms with E-state index in [0.717, 1.165) is 37.0 Å². The summed E-state index contributed by atoms with van der Waals surface area (Å²) >= 11 is 0. The molecule has 1 aliphatic carbocycles. The van der Waals surface area contributed by atoms with Gasteiger partial charge in [-0.2, -0.15) is 0 Å². The van der Waals surface area contributed by atoms with Gasteiger partial charge in [-0.05, 0) is 49.9 Å². The van der Waals surface area contributed by atoms with Crippen molar-refractivity contribution >= 4 is 23.9 Å². The topological polar surface area (TPSA) is 102 Å². The second kappa shape index (κ2) is 8.56. The summed E-state index contributed by atoms with van der Waals surface area (Å²) in [5.41, 5.74) is -0.613. The fourth-order valence-corrected chi connectivity index (χ4v) is 5.84. The summed E-state index contributed by atoms with van der Waals surface area (Å²) in [6, 6.07) is -0.333. The van der Waals surface area contributed by atoms with Crippen LogP contribution in [0.25, 0.3) is 0 Å². The fourth-order valence-electron chi connectivity index (χ4n) is 5.84. The molecule has 3 aliphatic heterocycles. The van der Waals surface area contributed by atoms with Gasteiger partial charge in [0.1, 0.15) is 12.1 Å². The third-order valence-electron chi connectivity index (χ3n) is 8.54. The zero-order chi connectivity index (χ0) is 23.1. The second-order valence-electron chi connectivity index (χ2n) is 10.6. The highest BCUT2D eigenvalue weighted by atomic mass is 16.2. The molecule has 4 aliphatic rings. The maximum Gasteiger partial charge on any atom is 0.325 e.